The van der Waals surface area contributed by atoms with Crippen LogP contribution in [0, 0.1) is 0 Å². The van der Waals surface area contributed by atoms with E-state index in [2.05, 4.69) is 4.37 Å². The van der Waals surface area contributed by atoms with Gasteiger partial charge in [-0.25, -0.2) is 4.79 Å². The number of benzene rings is 1. The number of aromatic nitrogens is 1. The van der Waals surface area contributed by atoms with E-state index in [0.717, 1.165) is 11.1 Å². The Morgan fingerprint density at radius 2 is 1.87 bits per heavy atom. The topological polar surface area (TPSA) is 70.4 Å². The minimum Gasteiger partial charge on any atom is -0.478 e. The summed E-state index contributed by atoms with van der Waals surface area (Å²) in [7, 11) is 0. The Balaban J connectivity index is 2.17. The minimum atomic E-state index is -4.72. The van der Waals surface area contributed by atoms with E-state index in [9.17, 15) is 23.1 Å². The Morgan fingerprint density at radius 3 is 2.35 bits per heavy atom. The van der Waals surface area contributed by atoms with Crippen molar-refractivity contribution in [2.75, 3.05) is 0 Å². The van der Waals surface area contributed by atoms with Crippen LogP contribution in [0.2, 0.25) is 0 Å². The van der Waals surface area contributed by atoms with Crippen LogP contribution in [0.4, 0.5) is 13.2 Å². The summed E-state index contributed by atoms with van der Waals surface area (Å²) in [5.74, 6) is -1.62. The average molecular weight is 345 g/mol. The molecule has 23 heavy (non-hydrogen) atoms. The number of carboxylic acid groups (broad SMARTS) is 1. The molecule has 1 unspecified atom stereocenters. The van der Waals surface area contributed by atoms with Gasteiger partial charge in [0, 0.05) is 0 Å². The lowest BCUT2D eigenvalue weighted by molar-refractivity contribution is -0.134. The number of alkyl halides is 3. The van der Waals surface area contributed by atoms with Crippen molar-refractivity contribution in [3.63, 3.8) is 0 Å². The third-order valence-corrected chi connectivity index (χ3v) is 4.28. The minimum absolute atomic E-state index is 0.0607. The first kappa shape index (κ1) is 17.4. The molecule has 0 fully saturated rings. The number of halogens is 3. The molecule has 2 rings (SSSR count). The van der Waals surface area contributed by atoms with E-state index in [-0.39, 0.29) is 23.6 Å². The maximum Gasteiger partial charge on any atom is 0.428 e. The number of aliphatic hydroxyl groups excluding tert-OH is 1. The van der Waals surface area contributed by atoms with Gasteiger partial charge in [0.15, 0.2) is 0 Å². The third-order valence-electron chi connectivity index (χ3n) is 3.35. The molecule has 0 radical (unpaired) electrons. The Kier molecular flexibility index (Phi) is 5.06. The first-order chi connectivity index (χ1) is 10.7. The molecule has 2 N–H and O–H groups in total. The highest BCUT2D eigenvalue weighted by atomic mass is 32.1. The number of carbonyl (C=O) groups is 1. The summed E-state index contributed by atoms with van der Waals surface area (Å²) in [6.45, 7) is 1.63. The second kappa shape index (κ2) is 6.67. The molecule has 1 aromatic heterocycles. The lowest BCUT2D eigenvalue weighted by Crippen LogP contribution is -2.11. The SMILES string of the molecule is CC(O)c1ccc(CCc2nsc(C(F)(F)F)c2C(=O)O)cc1. The lowest BCUT2D eigenvalue weighted by Gasteiger charge is -2.07. The molecule has 124 valence electrons. The van der Waals surface area contributed by atoms with Crippen molar-refractivity contribution in [3.8, 4) is 0 Å². The van der Waals surface area contributed by atoms with Gasteiger partial charge in [-0.1, -0.05) is 24.3 Å². The van der Waals surface area contributed by atoms with Gasteiger partial charge in [0.1, 0.15) is 10.4 Å². The van der Waals surface area contributed by atoms with Crippen LogP contribution >= 0.6 is 11.5 Å². The van der Waals surface area contributed by atoms with Crippen LogP contribution < -0.4 is 0 Å². The molecule has 2 aromatic rings. The molecule has 0 amide bonds. The predicted molar refractivity (Wildman–Crippen MR) is 78.6 cm³/mol. The van der Waals surface area contributed by atoms with Crippen LogP contribution in [0.3, 0.4) is 0 Å². The lowest BCUT2D eigenvalue weighted by atomic mass is 10.0. The first-order valence-corrected chi connectivity index (χ1v) is 7.53. The number of aryl methyl sites for hydroxylation is 2. The molecular weight excluding hydrogens is 331 g/mol. The molecule has 0 bridgehead atoms. The third kappa shape index (κ3) is 4.08. The van der Waals surface area contributed by atoms with Crippen LogP contribution in [-0.2, 0) is 19.0 Å². The maximum atomic E-state index is 12.8. The summed E-state index contributed by atoms with van der Waals surface area (Å²) >= 11 is 0.164. The summed E-state index contributed by atoms with van der Waals surface area (Å²) in [5.41, 5.74) is 0.734. The summed E-state index contributed by atoms with van der Waals surface area (Å²) in [5, 5.41) is 18.5. The van der Waals surface area contributed by atoms with Crippen LogP contribution in [-0.4, -0.2) is 20.6 Å². The van der Waals surface area contributed by atoms with Gasteiger partial charge in [-0.2, -0.15) is 17.5 Å². The standard InChI is InChI=1S/C15H14F3NO3S/c1-8(20)10-5-2-9(3-6-10)4-7-11-12(14(21)22)13(23-19-11)15(16,17)18/h2-3,5-6,8,20H,4,7H2,1H3,(H,21,22). The zero-order valence-electron chi connectivity index (χ0n) is 12.1. The van der Waals surface area contributed by atoms with E-state index in [0.29, 0.717) is 6.42 Å². The molecule has 0 aliphatic carbocycles. The van der Waals surface area contributed by atoms with E-state index in [4.69, 9.17) is 5.11 Å². The molecule has 1 atom stereocenters. The van der Waals surface area contributed by atoms with Gasteiger partial charge in [0.25, 0.3) is 0 Å². The molecule has 0 aliphatic heterocycles. The quantitative estimate of drug-likeness (QED) is 0.867. The average Bonchev–Trinajstić information content (AvgIpc) is 2.89. The van der Waals surface area contributed by atoms with E-state index >= 15 is 0 Å². The van der Waals surface area contributed by atoms with E-state index in [1.54, 1.807) is 31.2 Å². The van der Waals surface area contributed by atoms with Crippen molar-refractivity contribution in [1.82, 2.24) is 4.37 Å². The fraction of sp³-hybridized carbons (Fsp3) is 0.333. The Morgan fingerprint density at radius 1 is 1.26 bits per heavy atom. The van der Waals surface area contributed by atoms with E-state index in [1.807, 2.05) is 0 Å². The number of hydrogen-bond acceptors (Lipinski definition) is 4. The monoisotopic (exact) mass is 345 g/mol. The Labute approximate surface area is 134 Å². The summed E-state index contributed by atoms with van der Waals surface area (Å²) < 4.78 is 42.0. The molecule has 4 nitrogen and oxygen atoms in total. The molecule has 1 heterocycles. The van der Waals surface area contributed by atoms with Gasteiger partial charge in [0.2, 0.25) is 0 Å². The fourth-order valence-corrected chi connectivity index (χ4v) is 2.92. The second-order valence-corrected chi connectivity index (χ2v) is 5.83. The number of rotatable bonds is 5. The Bertz CT molecular complexity index is 693. The largest absolute Gasteiger partial charge is 0.478 e. The van der Waals surface area contributed by atoms with Crippen molar-refractivity contribution in [2.24, 2.45) is 0 Å². The van der Waals surface area contributed by atoms with Crippen LogP contribution in [0.5, 0.6) is 0 Å². The van der Waals surface area contributed by atoms with Gasteiger partial charge in [0.05, 0.1) is 11.8 Å². The number of hydrogen-bond donors (Lipinski definition) is 2. The zero-order valence-corrected chi connectivity index (χ0v) is 12.9. The zero-order chi connectivity index (χ0) is 17.2. The van der Waals surface area contributed by atoms with Crippen molar-refractivity contribution in [3.05, 3.63) is 51.5 Å². The van der Waals surface area contributed by atoms with Crippen LogP contribution in [0.15, 0.2) is 24.3 Å². The molecule has 1 aromatic carbocycles. The number of aromatic carboxylic acids is 1. The summed E-state index contributed by atoms with van der Waals surface area (Å²) in [4.78, 5) is 9.94. The number of carboxylic acids is 1. The van der Waals surface area contributed by atoms with Gasteiger partial charge in [-0.3, -0.25) is 0 Å². The van der Waals surface area contributed by atoms with E-state index < -0.39 is 28.7 Å². The Hall–Kier alpha value is -1.93. The summed E-state index contributed by atoms with van der Waals surface area (Å²) in [6, 6.07) is 6.94. The van der Waals surface area contributed by atoms with Gasteiger partial charge < -0.3 is 10.2 Å². The van der Waals surface area contributed by atoms with Crippen LogP contribution in [0.25, 0.3) is 0 Å². The smallest absolute Gasteiger partial charge is 0.428 e. The van der Waals surface area contributed by atoms with Gasteiger partial charge in [-0.15, -0.1) is 0 Å². The molecule has 8 heteroatoms. The summed E-state index contributed by atoms with van der Waals surface area (Å²) in [6.07, 6.45) is -4.86. The number of aliphatic hydroxyl groups is 1. The molecule has 0 aliphatic rings. The molecule has 0 saturated carbocycles. The van der Waals surface area contributed by atoms with Gasteiger partial charge in [-0.05, 0) is 42.4 Å². The highest BCUT2D eigenvalue weighted by molar-refractivity contribution is 7.06. The molecule has 0 saturated heterocycles. The van der Waals surface area contributed by atoms with Crippen molar-refractivity contribution < 1.29 is 28.2 Å². The molecule has 0 spiro atoms. The van der Waals surface area contributed by atoms with Gasteiger partial charge >= 0.3 is 12.1 Å². The first-order valence-electron chi connectivity index (χ1n) is 6.76. The van der Waals surface area contributed by atoms with Crippen molar-refractivity contribution in [2.45, 2.75) is 32.0 Å². The highest BCUT2D eigenvalue weighted by Crippen LogP contribution is 2.36. The molecular formula is C15H14F3NO3S. The van der Waals surface area contributed by atoms with E-state index in [1.165, 1.54) is 0 Å². The highest BCUT2D eigenvalue weighted by Gasteiger charge is 2.39. The van der Waals surface area contributed by atoms with Crippen molar-refractivity contribution >= 4 is 17.5 Å². The maximum absolute atomic E-state index is 12.8. The normalized spacial score (nSPS) is 13.1. The number of nitrogens with zero attached hydrogens (tertiary/aromatic N) is 1. The van der Waals surface area contributed by atoms with Crippen LogP contribution in [0.1, 0.15) is 45.1 Å². The second-order valence-electron chi connectivity index (χ2n) is 5.05. The predicted octanol–water partition coefficient (Wildman–Crippen LogP) is 3.70. The van der Waals surface area contributed by atoms with Crippen molar-refractivity contribution in [1.29, 1.82) is 0 Å². The fourth-order valence-electron chi connectivity index (χ4n) is 2.13.